The van der Waals surface area contributed by atoms with Crippen molar-refractivity contribution in [1.82, 2.24) is 0 Å². The second-order valence-electron chi connectivity index (χ2n) is 2.49. The van der Waals surface area contributed by atoms with Crippen LogP contribution in [-0.2, 0) is 0 Å². The molecule has 0 saturated heterocycles. The minimum absolute atomic E-state index is 0.499. The molecule has 1 rings (SSSR count). The van der Waals surface area contributed by atoms with Gasteiger partial charge in [0.2, 0.25) is 0 Å². The van der Waals surface area contributed by atoms with Crippen molar-refractivity contribution in [1.29, 1.82) is 0 Å². The van der Waals surface area contributed by atoms with E-state index in [0.29, 0.717) is 11.2 Å². The van der Waals surface area contributed by atoms with E-state index >= 15 is 0 Å². The molecule has 0 aromatic heterocycles. The summed E-state index contributed by atoms with van der Waals surface area (Å²) in [5, 5.41) is 17.6. The Balaban J connectivity index is 3.09. The van der Waals surface area contributed by atoms with Crippen molar-refractivity contribution < 1.29 is 10.0 Å². The number of anilines is 1. The van der Waals surface area contributed by atoms with Crippen LogP contribution < -0.4 is 11.2 Å². The molecule has 0 aliphatic heterocycles. The maximum atomic E-state index is 8.81. The Morgan fingerprint density at radius 3 is 2.45 bits per heavy atom. The molecule has 1 aromatic carbocycles. The minimum Gasteiger partial charge on any atom is -0.423 e. The summed E-state index contributed by atoms with van der Waals surface area (Å²) in [6, 6.07) is 4.95. The van der Waals surface area contributed by atoms with E-state index in [9.17, 15) is 0 Å². The second kappa shape index (κ2) is 2.94. The third-order valence-electron chi connectivity index (χ3n) is 1.57. The summed E-state index contributed by atoms with van der Waals surface area (Å²) in [6.45, 7) is 1.78. The molecular weight excluding hydrogens is 141 g/mol. The molecule has 0 fully saturated rings. The fraction of sp³-hybridized carbons (Fsp3) is 0.143. The molecule has 0 spiro atoms. The van der Waals surface area contributed by atoms with Gasteiger partial charge in [-0.25, -0.2) is 0 Å². The number of rotatable bonds is 1. The largest absolute Gasteiger partial charge is 0.488 e. The summed E-state index contributed by atoms with van der Waals surface area (Å²) in [6.07, 6.45) is 0. The van der Waals surface area contributed by atoms with Gasteiger partial charge in [-0.3, -0.25) is 0 Å². The molecule has 0 radical (unpaired) electrons. The number of hydrogen-bond donors (Lipinski definition) is 3. The smallest absolute Gasteiger partial charge is 0.423 e. The number of aryl methyl sites for hydroxylation is 1. The number of nitrogen functional groups attached to an aromatic ring is 1. The summed E-state index contributed by atoms with van der Waals surface area (Å²) in [4.78, 5) is 0. The highest BCUT2D eigenvalue weighted by Crippen LogP contribution is 2.02. The fourth-order valence-electron chi connectivity index (χ4n) is 0.989. The Labute approximate surface area is 65.6 Å². The average molecular weight is 151 g/mol. The Morgan fingerprint density at radius 2 is 2.00 bits per heavy atom. The van der Waals surface area contributed by atoms with Gasteiger partial charge in [0.05, 0.1) is 0 Å². The normalized spacial score (nSPS) is 9.73. The summed E-state index contributed by atoms with van der Waals surface area (Å²) in [5.41, 5.74) is 7.39. The molecule has 0 aliphatic rings. The van der Waals surface area contributed by atoms with Crippen molar-refractivity contribution >= 4 is 18.3 Å². The van der Waals surface area contributed by atoms with E-state index in [4.69, 9.17) is 15.8 Å². The van der Waals surface area contributed by atoms with E-state index in [1.807, 2.05) is 0 Å². The summed E-state index contributed by atoms with van der Waals surface area (Å²) >= 11 is 0. The first-order chi connectivity index (χ1) is 5.11. The summed E-state index contributed by atoms with van der Waals surface area (Å²) in [7, 11) is -1.41. The van der Waals surface area contributed by atoms with Crippen LogP contribution >= 0.6 is 0 Å². The van der Waals surface area contributed by atoms with Gasteiger partial charge < -0.3 is 15.8 Å². The van der Waals surface area contributed by atoms with Gasteiger partial charge in [-0.15, -0.1) is 0 Å². The van der Waals surface area contributed by atoms with Gasteiger partial charge in [0.1, 0.15) is 0 Å². The minimum atomic E-state index is -1.41. The highest BCUT2D eigenvalue weighted by molar-refractivity contribution is 6.59. The molecule has 0 bridgehead atoms. The molecular formula is C7H10BNO2. The third-order valence-corrected chi connectivity index (χ3v) is 1.57. The van der Waals surface area contributed by atoms with Crippen molar-refractivity contribution in [3.8, 4) is 0 Å². The molecule has 11 heavy (non-hydrogen) atoms. The van der Waals surface area contributed by atoms with Crippen molar-refractivity contribution in [3.05, 3.63) is 23.8 Å². The molecule has 0 aliphatic carbocycles. The predicted octanol–water partition coefficient (Wildman–Crippen LogP) is -0.743. The van der Waals surface area contributed by atoms with Gasteiger partial charge in [-0.05, 0) is 30.1 Å². The lowest BCUT2D eigenvalue weighted by molar-refractivity contribution is 0.425. The van der Waals surface area contributed by atoms with Gasteiger partial charge in [-0.1, -0.05) is 6.07 Å². The van der Waals surface area contributed by atoms with Crippen LogP contribution in [0, 0.1) is 6.92 Å². The Bertz CT molecular complexity index is 263. The van der Waals surface area contributed by atoms with Crippen LogP contribution in [0.3, 0.4) is 0 Å². The highest BCUT2D eigenvalue weighted by Gasteiger charge is 2.12. The van der Waals surface area contributed by atoms with E-state index in [2.05, 4.69) is 0 Å². The standard InChI is InChI=1S/C7H10BNO2/c1-5-4-6(9)2-3-7(5)8(10)11/h2-4,10-11H,9H2,1H3. The summed E-state index contributed by atoms with van der Waals surface area (Å²) < 4.78 is 0. The van der Waals surface area contributed by atoms with Gasteiger partial charge in [0, 0.05) is 5.69 Å². The molecule has 4 N–H and O–H groups in total. The van der Waals surface area contributed by atoms with Crippen LogP contribution in [0.25, 0.3) is 0 Å². The van der Waals surface area contributed by atoms with Crippen molar-refractivity contribution in [2.75, 3.05) is 5.73 Å². The Morgan fingerprint density at radius 1 is 1.36 bits per heavy atom. The monoisotopic (exact) mass is 151 g/mol. The molecule has 3 nitrogen and oxygen atoms in total. The van der Waals surface area contributed by atoms with Gasteiger partial charge in [0.15, 0.2) is 0 Å². The van der Waals surface area contributed by atoms with Crippen LogP contribution in [0.1, 0.15) is 5.56 Å². The number of nitrogens with two attached hydrogens (primary N) is 1. The molecule has 0 saturated carbocycles. The molecule has 0 unspecified atom stereocenters. The first kappa shape index (κ1) is 8.10. The molecule has 4 heteroatoms. The Hall–Kier alpha value is -0.995. The molecule has 0 heterocycles. The van der Waals surface area contributed by atoms with E-state index in [0.717, 1.165) is 5.56 Å². The molecule has 0 atom stereocenters. The fourth-order valence-corrected chi connectivity index (χ4v) is 0.989. The maximum absolute atomic E-state index is 8.81. The molecule has 58 valence electrons. The first-order valence-electron chi connectivity index (χ1n) is 3.33. The molecule has 0 amide bonds. The van der Waals surface area contributed by atoms with Crippen LogP contribution in [0.5, 0.6) is 0 Å². The topological polar surface area (TPSA) is 66.5 Å². The van der Waals surface area contributed by atoms with Crippen molar-refractivity contribution in [3.63, 3.8) is 0 Å². The lowest BCUT2D eigenvalue weighted by Gasteiger charge is -2.03. The van der Waals surface area contributed by atoms with Crippen molar-refractivity contribution in [2.45, 2.75) is 6.92 Å². The number of hydrogen-bond acceptors (Lipinski definition) is 3. The van der Waals surface area contributed by atoms with E-state index < -0.39 is 7.12 Å². The second-order valence-corrected chi connectivity index (χ2v) is 2.49. The maximum Gasteiger partial charge on any atom is 0.488 e. The highest BCUT2D eigenvalue weighted by atomic mass is 16.4. The van der Waals surface area contributed by atoms with Crippen LogP contribution in [0.4, 0.5) is 5.69 Å². The first-order valence-corrected chi connectivity index (χ1v) is 3.33. The Kier molecular flexibility index (Phi) is 2.17. The third kappa shape index (κ3) is 1.72. The van der Waals surface area contributed by atoms with Crippen LogP contribution in [0.15, 0.2) is 18.2 Å². The quantitative estimate of drug-likeness (QED) is 0.365. The SMILES string of the molecule is Cc1cc(N)ccc1B(O)O. The predicted molar refractivity (Wildman–Crippen MR) is 45.4 cm³/mol. The summed E-state index contributed by atoms with van der Waals surface area (Å²) in [5.74, 6) is 0. The zero-order valence-corrected chi connectivity index (χ0v) is 6.28. The van der Waals surface area contributed by atoms with Gasteiger partial charge >= 0.3 is 7.12 Å². The zero-order valence-electron chi connectivity index (χ0n) is 6.28. The lowest BCUT2D eigenvalue weighted by atomic mass is 9.77. The average Bonchev–Trinajstić information content (AvgIpc) is 1.85. The van der Waals surface area contributed by atoms with E-state index in [-0.39, 0.29) is 0 Å². The lowest BCUT2D eigenvalue weighted by Crippen LogP contribution is -2.31. The number of benzene rings is 1. The zero-order chi connectivity index (χ0) is 8.43. The van der Waals surface area contributed by atoms with Gasteiger partial charge in [0.25, 0.3) is 0 Å². The van der Waals surface area contributed by atoms with Crippen molar-refractivity contribution in [2.24, 2.45) is 0 Å². The van der Waals surface area contributed by atoms with E-state index in [1.54, 1.807) is 25.1 Å². The van der Waals surface area contributed by atoms with Crippen LogP contribution in [0.2, 0.25) is 0 Å². The van der Waals surface area contributed by atoms with Gasteiger partial charge in [-0.2, -0.15) is 0 Å². The molecule has 1 aromatic rings. The van der Waals surface area contributed by atoms with E-state index in [1.165, 1.54) is 0 Å². The van der Waals surface area contributed by atoms with Crippen LogP contribution in [-0.4, -0.2) is 17.2 Å².